The summed E-state index contributed by atoms with van der Waals surface area (Å²) in [6.07, 6.45) is 0.921. The highest BCUT2D eigenvalue weighted by Crippen LogP contribution is 2.36. The van der Waals surface area contributed by atoms with Crippen LogP contribution >= 0.6 is 0 Å². The molecular weight excluding hydrogens is 528 g/mol. The number of hydrogen-bond donors (Lipinski definition) is 2. The number of fused-ring (bicyclic) bond motifs is 3. The summed E-state index contributed by atoms with van der Waals surface area (Å²) >= 11 is 0. The summed E-state index contributed by atoms with van der Waals surface area (Å²) in [5, 5.41) is 4.87. The van der Waals surface area contributed by atoms with Crippen molar-refractivity contribution in [1.82, 2.24) is 10.3 Å². The van der Waals surface area contributed by atoms with Gasteiger partial charge in [-0.25, -0.2) is 4.79 Å². The molecule has 2 heterocycles. The van der Waals surface area contributed by atoms with Gasteiger partial charge in [-0.05, 0) is 72.5 Å². The second kappa shape index (κ2) is 12.4. The average molecular weight is 563 g/mol. The number of aromatic nitrogens is 1. The zero-order chi connectivity index (χ0) is 28.9. The summed E-state index contributed by atoms with van der Waals surface area (Å²) in [5.41, 5.74) is 7.07. The van der Waals surface area contributed by atoms with E-state index in [9.17, 15) is 4.79 Å². The predicted octanol–water partition coefficient (Wildman–Crippen LogP) is 6.75. The number of nitrogens with one attached hydrogen (secondary N) is 2. The monoisotopic (exact) mass is 562 g/mol. The lowest BCUT2D eigenvalue weighted by Gasteiger charge is -2.26. The van der Waals surface area contributed by atoms with Crippen LogP contribution in [0.2, 0.25) is 0 Å². The molecule has 0 saturated heterocycles. The standard InChI is InChI=1S/C35H34N2O5/c1-3-40-35(38)28-11-7-8-12-32(28)42-22-25-19-24(13-16-31(25)39-2)33-34-27(17-18-36-33)29-20-26(14-15-30(29)37-34)41-21-23-9-5-4-6-10-23/h4-16,19-20,33,36-37H,3,17-18,21-22H2,1-2H3/t33-/m1/s1. The molecule has 4 aromatic carbocycles. The Labute approximate surface area is 245 Å². The normalized spacial score (nSPS) is 14.3. The topological polar surface area (TPSA) is 81.8 Å². The Hall–Kier alpha value is -4.75. The van der Waals surface area contributed by atoms with Crippen LogP contribution in [0.15, 0.2) is 91.0 Å². The zero-order valence-corrected chi connectivity index (χ0v) is 23.8. The van der Waals surface area contributed by atoms with Crippen molar-refractivity contribution in [1.29, 1.82) is 0 Å². The van der Waals surface area contributed by atoms with Crippen LogP contribution in [-0.4, -0.2) is 31.2 Å². The maximum atomic E-state index is 12.4. The second-order valence-corrected chi connectivity index (χ2v) is 10.2. The van der Waals surface area contributed by atoms with Gasteiger partial charge in [-0.2, -0.15) is 0 Å². The van der Waals surface area contributed by atoms with Crippen LogP contribution < -0.4 is 19.5 Å². The third kappa shape index (κ3) is 5.69. The summed E-state index contributed by atoms with van der Waals surface area (Å²) in [6, 6.07) is 29.7. The number of methoxy groups -OCH3 is 1. The molecule has 2 N–H and O–H groups in total. The molecule has 7 heteroatoms. The van der Waals surface area contributed by atoms with E-state index in [0.717, 1.165) is 52.4 Å². The Morgan fingerprint density at radius 1 is 0.881 bits per heavy atom. The van der Waals surface area contributed by atoms with Crippen LogP contribution in [0, 0.1) is 0 Å². The lowest BCUT2D eigenvalue weighted by molar-refractivity contribution is 0.0521. The van der Waals surface area contributed by atoms with E-state index in [2.05, 4.69) is 46.7 Å². The van der Waals surface area contributed by atoms with Crippen molar-refractivity contribution < 1.29 is 23.7 Å². The number of rotatable bonds is 10. The van der Waals surface area contributed by atoms with E-state index in [4.69, 9.17) is 18.9 Å². The van der Waals surface area contributed by atoms with Crippen molar-refractivity contribution in [3.05, 3.63) is 125 Å². The maximum Gasteiger partial charge on any atom is 0.341 e. The van der Waals surface area contributed by atoms with E-state index < -0.39 is 5.97 Å². The largest absolute Gasteiger partial charge is 0.496 e. The molecule has 0 radical (unpaired) electrons. The van der Waals surface area contributed by atoms with E-state index in [1.807, 2.05) is 36.4 Å². The van der Waals surface area contributed by atoms with Crippen LogP contribution in [-0.2, 0) is 24.4 Å². The van der Waals surface area contributed by atoms with E-state index >= 15 is 0 Å². The molecule has 1 aliphatic heterocycles. The third-order valence-corrected chi connectivity index (χ3v) is 7.57. The Morgan fingerprint density at radius 3 is 2.55 bits per heavy atom. The van der Waals surface area contributed by atoms with Crippen LogP contribution in [0.3, 0.4) is 0 Å². The zero-order valence-electron chi connectivity index (χ0n) is 23.8. The molecule has 7 nitrogen and oxygen atoms in total. The second-order valence-electron chi connectivity index (χ2n) is 10.2. The molecule has 0 unspecified atom stereocenters. The van der Waals surface area contributed by atoms with Gasteiger partial charge in [0.05, 0.1) is 19.8 Å². The lowest BCUT2D eigenvalue weighted by Crippen LogP contribution is -2.30. The van der Waals surface area contributed by atoms with Crippen molar-refractivity contribution >= 4 is 16.9 Å². The number of aromatic amines is 1. The molecule has 0 amide bonds. The highest BCUT2D eigenvalue weighted by atomic mass is 16.5. The highest BCUT2D eigenvalue weighted by molar-refractivity contribution is 5.92. The molecule has 5 aromatic rings. The summed E-state index contributed by atoms with van der Waals surface area (Å²) < 4.78 is 23.1. The molecular formula is C35H34N2O5. The number of hydrogen-bond acceptors (Lipinski definition) is 6. The Morgan fingerprint density at radius 2 is 1.71 bits per heavy atom. The van der Waals surface area contributed by atoms with Gasteiger partial charge in [0.25, 0.3) is 0 Å². The van der Waals surface area contributed by atoms with Crippen molar-refractivity contribution in [2.75, 3.05) is 20.3 Å². The maximum absolute atomic E-state index is 12.4. The Kier molecular flexibility index (Phi) is 8.10. The first kappa shape index (κ1) is 27.4. The van der Waals surface area contributed by atoms with Gasteiger partial charge in [-0.15, -0.1) is 0 Å². The minimum atomic E-state index is -0.403. The van der Waals surface area contributed by atoms with Gasteiger partial charge >= 0.3 is 5.97 Å². The van der Waals surface area contributed by atoms with Gasteiger partial charge < -0.3 is 29.2 Å². The number of carbonyl (C=O) groups is 1. The van der Waals surface area contributed by atoms with Gasteiger partial charge in [-0.3, -0.25) is 0 Å². The average Bonchev–Trinajstić information content (AvgIpc) is 3.41. The molecule has 214 valence electrons. The number of ether oxygens (including phenoxy) is 4. The molecule has 0 spiro atoms. The van der Waals surface area contributed by atoms with Crippen molar-refractivity contribution in [2.45, 2.75) is 32.6 Å². The number of H-pyrrole nitrogens is 1. The molecule has 0 bridgehead atoms. The van der Waals surface area contributed by atoms with Crippen LogP contribution in [0.25, 0.3) is 10.9 Å². The number of para-hydroxylation sites is 1. The minimum absolute atomic E-state index is 0.0219. The molecule has 1 aliphatic rings. The third-order valence-electron chi connectivity index (χ3n) is 7.57. The number of benzene rings is 4. The van der Waals surface area contributed by atoms with Crippen LogP contribution in [0.4, 0.5) is 0 Å². The SMILES string of the molecule is CCOC(=O)c1ccccc1OCc1cc([C@H]2NCCc3c2[nH]c2ccc(OCc4ccccc4)cc32)ccc1OC. The molecule has 0 aliphatic carbocycles. The van der Waals surface area contributed by atoms with Crippen LogP contribution in [0.5, 0.6) is 17.2 Å². The Bertz CT molecular complexity index is 1700. The molecule has 6 rings (SSSR count). The lowest BCUT2D eigenvalue weighted by atomic mass is 9.93. The summed E-state index contributed by atoms with van der Waals surface area (Å²) in [6.45, 7) is 3.71. The first-order valence-corrected chi connectivity index (χ1v) is 14.2. The molecule has 1 aromatic heterocycles. The molecule has 42 heavy (non-hydrogen) atoms. The highest BCUT2D eigenvalue weighted by Gasteiger charge is 2.26. The smallest absolute Gasteiger partial charge is 0.341 e. The fraction of sp³-hybridized carbons (Fsp3) is 0.229. The van der Waals surface area contributed by atoms with Gasteiger partial charge in [0.1, 0.15) is 36.0 Å². The van der Waals surface area contributed by atoms with Crippen molar-refractivity contribution in [3.63, 3.8) is 0 Å². The summed E-state index contributed by atoms with van der Waals surface area (Å²) in [7, 11) is 1.65. The van der Waals surface area contributed by atoms with Gasteiger partial charge in [0.2, 0.25) is 0 Å². The quantitative estimate of drug-likeness (QED) is 0.183. The Balaban J connectivity index is 1.25. The summed E-state index contributed by atoms with van der Waals surface area (Å²) in [5.74, 6) is 1.65. The fourth-order valence-electron chi connectivity index (χ4n) is 5.54. The fourth-order valence-corrected chi connectivity index (χ4v) is 5.54. The van der Waals surface area contributed by atoms with E-state index in [1.54, 1.807) is 32.2 Å². The van der Waals surface area contributed by atoms with E-state index in [-0.39, 0.29) is 12.6 Å². The van der Waals surface area contributed by atoms with E-state index in [1.165, 1.54) is 10.9 Å². The first-order chi connectivity index (χ1) is 20.6. The number of carbonyl (C=O) groups excluding carboxylic acids is 1. The van der Waals surface area contributed by atoms with Gasteiger partial charge in [-0.1, -0.05) is 48.5 Å². The number of esters is 1. The first-order valence-electron chi connectivity index (χ1n) is 14.2. The molecule has 0 fully saturated rings. The summed E-state index contributed by atoms with van der Waals surface area (Å²) in [4.78, 5) is 16.1. The molecule has 0 saturated carbocycles. The predicted molar refractivity (Wildman–Crippen MR) is 162 cm³/mol. The molecule has 1 atom stereocenters. The van der Waals surface area contributed by atoms with Crippen LogP contribution in [0.1, 0.15) is 51.3 Å². The van der Waals surface area contributed by atoms with Crippen molar-refractivity contribution in [3.8, 4) is 17.2 Å². The van der Waals surface area contributed by atoms with E-state index in [0.29, 0.717) is 24.5 Å². The minimum Gasteiger partial charge on any atom is -0.496 e. The van der Waals surface area contributed by atoms with Gasteiger partial charge in [0.15, 0.2) is 0 Å². The van der Waals surface area contributed by atoms with Gasteiger partial charge in [0, 0.05) is 28.7 Å². The van der Waals surface area contributed by atoms with Crippen molar-refractivity contribution in [2.24, 2.45) is 0 Å².